The van der Waals surface area contributed by atoms with Gasteiger partial charge in [-0.05, 0) is 30.4 Å². The average Bonchev–Trinajstić information content (AvgIpc) is 2.64. The van der Waals surface area contributed by atoms with Crippen LogP contribution in [0.3, 0.4) is 0 Å². The van der Waals surface area contributed by atoms with Crippen molar-refractivity contribution < 1.29 is 9.53 Å². The molecule has 0 bridgehead atoms. The van der Waals surface area contributed by atoms with Gasteiger partial charge >= 0.3 is 5.97 Å². The van der Waals surface area contributed by atoms with E-state index in [-0.39, 0.29) is 12.6 Å². The predicted molar refractivity (Wildman–Crippen MR) is 99.5 cm³/mol. The van der Waals surface area contributed by atoms with E-state index in [1.165, 1.54) is 0 Å². The van der Waals surface area contributed by atoms with Gasteiger partial charge < -0.3 is 4.74 Å². The number of ether oxygens (including phenoxy) is 1. The molecule has 0 spiro atoms. The maximum Gasteiger partial charge on any atom is 0.335 e. The van der Waals surface area contributed by atoms with Crippen LogP contribution in [0.2, 0.25) is 0 Å². The number of benzene rings is 2. The Morgan fingerprint density at radius 1 is 1.04 bits per heavy atom. The fourth-order valence-corrected chi connectivity index (χ4v) is 2.59. The molecule has 2 rings (SSSR count). The molecule has 0 amide bonds. The van der Waals surface area contributed by atoms with Gasteiger partial charge in [0.15, 0.2) is 0 Å². The van der Waals surface area contributed by atoms with Gasteiger partial charge in [0.25, 0.3) is 0 Å². The molecule has 2 nitrogen and oxygen atoms in total. The van der Waals surface area contributed by atoms with Crippen LogP contribution in [0, 0.1) is 0 Å². The third kappa shape index (κ3) is 5.39. The number of hydrogen-bond donors (Lipinski definition) is 0. The highest BCUT2D eigenvalue weighted by atomic mass is 35.5. The van der Waals surface area contributed by atoms with Crippen molar-refractivity contribution in [2.75, 3.05) is 0 Å². The van der Waals surface area contributed by atoms with Crippen LogP contribution in [-0.2, 0) is 16.1 Å². The van der Waals surface area contributed by atoms with E-state index < -0.39 is 0 Å². The van der Waals surface area contributed by atoms with Crippen LogP contribution in [0.5, 0.6) is 0 Å². The molecular formula is C21H21ClO2. The second-order valence-electron chi connectivity index (χ2n) is 5.40. The van der Waals surface area contributed by atoms with E-state index in [0.29, 0.717) is 17.0 Å². The van der Waals surface area contributed by atoms with E-state index in [2.05, 4.69) is 6.58 Å². The van der Waals surface area contributed by atoms with Crippen LogP contribution in [0.4, 0.5) is 0 Å². The minimum absolute atomic E-state index is 0.240. The first kappa shape index (κ1) is 18.0. The Balaban J connectivity index is 2.15. The summed E-state index contributed by atoms with van der Waals surface area (Å²) in [5.41, 5.74) is 2.29. The van der Waals surface area contributed by atoms with Crippen LogP contribution in [0.25, 0.3) is 5.03 Å². The first-order valence-corrected chi connectivity index (χ1v) is 8.36. The minimum atomic E-state index is -0.364. The molecule has 0 unspecified atom stereocenters. The number of halogens is 1. The molecule has 0 fully saturated rings. The minimum Gasteiger partial charge on any atom is -0.457 e. The van der Waals surface area contributed by atoms with Gasteiger partial charge in [-0.2, -0.15) is 0 Å². The lowest BCUT2D eigenvalue weighted by atomic mass is 10.0. The van der Waals surface area contributed by atoms with Gasteiger partial charge in [0.2, 0.25) is 0 Å². The third-order valence-electron chi connectivity index (χ3n) is 3.59. The summed E-state index contributed by atoms with van der Waals surface area (Å²) in [6, 6.07) is 19.1. The molecule has 0 heterocycles. The van der Waals surface area contributed by atoms with E-state index in [9.17, 15) is 4.79 Å². The lowest BCUT2D eigenvalue weighted by molar-refractivity contribution is -0.140. The highest BCUT2D eigenvalue weighted by Crippen LogP contribution is 2.27. The van der Waals surface area contributed by atoms with Crippen molar-refractivity contribution in [3.8, 4) is 0 Å². The molecule has 0 saturated heterocycles. The summed E-state index contributed by atoms with van der Waals surface area (Å²) < 4.78 is 5.46. The Bertz CT molecular complexity index is 690. The van der Waals surface area contributed by atoms with Gasteiger partial charge in [-0.15, -0.1) is 6.58 Å². The van der Waals surface area contributed by atoms with Crippen molar-refractivity contribution >= 4 is 22.6 Å². The van der Waals surface area contributed by atoms with Crippen molar-refractivity contribution in [3.63, 3.8) is 0 Å². The quantitative estimate of drug-likeness (QED) is 0.265. The van der Waals surface area contributed by atoms with Gasteiger partial charge in [0, 0.05) is 0 Å². The predicted octanol–water partition coefficient (Wildman–Crippen LogP) is 5.74. The van der Waals surface area contributed by atoms with Crippen LogP contribution >= 0.6 is 11.6 Å². The molecule has 24 heavy (non-hydrogen) atoms. The highest BCUT2D eigenvalue weighted by Gasteiger charge is 2.17. The first-order chi connectivity index (χ1) is 11.7. The summed E-state index contributed by atoms with van der Waals surface area (Å²) in [5, 5.41) is 0.456. The summed E-state index contributed by atoms with van der Waals surface area (Å²) in [5.74, 6) is -0.364. The van der Waals surface area contributed by atoms with Gasteiger partial charge in [-0.1, -0.05) is 78.3 Å². The molecule has 0 aromatic heterocycles. The average molecular weight is 341 g/mol. The van der Waals surface area contributed by atoms with Crippen LogP contribution in [-0.4, -0.2) is 5.97 Å². The van der Waals surface area contributed by atoms with Crippen LogP contribution in [0.15, 0.2) is 78.9 Å². The molecule has 0 aliphatic heterocycles. The molecule has 0 radical (unpaired) electrons. The Morgan fingerprint density at radius 2 is 1.67 bits per heavy atom. The first-order valence-electron chi connectivity index (χ1n) is 7.98. The normalized spacial score (nSPS) is 11.5. The topological polar surface area (TPSA) is 26.3 Å². The van der Waals surface area contributed by atoms with Gasteiger partial charge in [0.05, 0.1) is 10.6 Å². The monoisotopic (exact) mass is 340 g/mol. The number of allylic oxidation sites excluding steroid dienone is 1. The zero-order chi connectivity index (χ0) is 17.2. The largest absolute Gasteiger partial charge is 0.457 e. The molecule has 3 heteroatoms. The lowest BCUT2D eigenvalue weighted by Gasteiger charge is -2.11. The van der Waals surface area contributed by atoms with E-state index in [1.54, 1.807) is 0 Å². The highest BCUT2D eigenvalue weighted by molar-refractivity contribution is 6.50. The maximum absolute atomic E-state index is 12.5. The Morgan fingerprint density at radius 3 is 2.29 bits per heavy atom. The number of carbonyl (C=O) groups excluding carboxylic acids is 1. The van der Waals surface area contributed by atoms with Crippen molar-refractivity contribution in [2.24, 2.45) is 0 Å². The standard InChI is InChI=1S/C21H21ClO2/c1-2-3-6-15-19(20(22)18-13-9-5-10-14-18)21(23)24-16-17-11-7-4-8-12-17/h2,4-5,7-14H,1,3,6,15-16H2/b20-19-. The summed E-state index contributed by atoms with van der Waals surface area (Å²) in [6.07, 6.45) is 4.04. The molecule has 0 aliphatic carbocycles. The summed E-state index contributed by atoms with van der Waals surface area (Å²) in [6.45, 7) is 3.96. The summed E-state index contributed by atoms with van der Waals surface area (Å²) >= 11 is 6.48. The summed E-state index contributed by atoms with van der Waals surface area (Å²) in [7, 11) is 0. The third-order valence-corrected chi connectivity index (χ3v) is 4.03. The van der Waals surface area contributed by atoms with E-state index >= 15 is 0 Å². The molecule has 0 atom stereocenters. The number of esters is 1. The molecule has 0 N–H and O–H groups in total. The van der Waals surface area contributed by atoms with Crippen molar-refractivity contribution in [1.82, 2.24) is 0 Å². The number of rotatable bonds is 8. The molecule has 124 valence electrons. The maximum atomic E-state index is 12.5. The Hall–Kier alpha value is -2.32. The van der Waals surface area contributed by atoms with Crippen LogP contribution in [0.1, 0.15) is 30.4 Å². The van der Waals surface area contributed by atoms with E-state index in [1.807, 2.05) is 66.7 Å². The van der Waals surface area contributed by atoms with Gasteiger partial charge in [0.1, 0.15) is 6.61 Å². The van der Waals surface area contributed by atoms with Crippen LogP contribution < -0.4 is 0 Å². The second kappa shape index (κ2) is 9.74. The number of hydrogen-bond acceptors (Lipinski definition) is 2. The van der Waals surface area contributed by atoms with Crippen molar-refractivity contribution in [1.29, 1.82) is 0 Å². The van der Waals surface area contributed by atoms with Gasteiger partial charge in [-0.25, -0.2) is 4.79 Å². The fourth-order valence-electron chi connectivity index (χ4n) is 2.29. The smallest absolute Gasteiger partial charge is 0.335 e. The number of carbonyl (C=O) groups is 1. The zero-order valence-electron chi connectivity index (χ0n) is 13.6. The second-order valence-corrected chi connectivity index (χ2v) is 5.78. The van der Waals surface area contributed by atoms with Gasteiger partial charge in [-0.3, -0.25) is 0 Å². The molecule has 2 aromatic rings. The molecule has 0 saturated carbocycles. The molecular weight excluding hydrogens is 320 g/mol. The van der Waals surface area contributed by atoms with E-state index in [4.69, 9.17) is 16.3 Å². The van der Waals surface area contributed by atoms with Crippen molar-refractivity contribution in [3.05, 3.63) is 90.0 Å². The molecule has 0 aliphatic rings. The fraction of sp³-hybridized carbons (Fsp3) is 0.190. The Kier molecular flexibility index (Phi) is 7.31. The molecule has 2 aromatic carbocycles. The van der Waals surface area contributed by atoms with E-state index in [0.717, 1.165) is 24.0 Å². The van der Waals surface area contributed by atoms with Crippen molar-refractivity contribution in [2.45, 2.75) is 25.9 Å². The Labute approximate surface area is 148 Å². The SMILES string of the molecule is C=CCCC/C(C(=O)OCc1ccccc1)=C(/Cl)c1ccccc1. The lowest BCUT2D eigenvalue weighted by Crippen LogP contribution is -2.09. The number of unbranched alkanes of at least 4 members (excludes halogenated alkanes) is 1. The zero-order valence-corrected chi connectivity index (χ0v) is 14.3. The summed E-state index contributed by atoms with van der Waals surface area (Å²) in [4.78, 5) is 12.5.